The molecule has 0 aliphatic heterocycles. The highest BCUT2D eigenvalue weighted by Crippen LogP contribution is 2.46. The molecule has 0 bridgehead atoms. The SMILES string of the molecule is CCC(CC)(c1ccc(OS(=O)(=O)c2cccc3c2C=CC(=[N+]=[N-])C3=O)cc1)c1ccccc1-c1ccc(S(=O)(=O)O)c2c1C(=O)C(=[N+]=[N-])C=C2. The van der Waals surface area contributed by atoms with Crippen molar-refractivity contribution in [2.75, 3.05) is 0 Å². The van der Waals surface area contributed by atoms with Crippen molar-refractivity contribution < 1.29 is 44.7 Å². The zero-order chi connectivity index (χ0) is 36.7. The summed E-state index contributed by atoms with van der Waals surface area (Å²) in [4.78, 5) is 31.5. The molecular weight excluding hydrogens is 693 g/mol. The third-order valence-corrected chi connectivity index (χ3v) is 11.6. The first-order valence-electron chi connectivity index (χ1n) is 15.6. The van der Waals surface area contributed by atoms with Crippen molar-refractivity contribution in [3.05, 3.63) is 135 Å². The Morgan fingerprint density at radius 1 is 0.667 bits per heavy atom. The summed E-state index contributed by atoms with van der Waals surface area (Å²) in [5, 5.41) is 0. The van der Waals surface area contributed by atoms with Gasteiger partial charge in [-0.1, -0.05) is 68.4 Å². The van der Waals surface area contributed by atoms with Gasteiger partial charge in [0.1, 0.15) is 15.5 Å². The largest absolute Gasteiger partial charge is 0.379 e. The van der Waals surface area contributed by atoms with Crippen molar-refractivity contribution in [3.8, 4) is 16.9 Å². The first-order chi connectivity index (χ1) is 24.3. The smallest absolute Gasteiger partial charge is 0.362 e. The van der Waals surface area contributed by atoms with Crippen LogP contribution in [0.5, 0.6) is 5.75 Å². The molecule has 0 saturated heterocycles. The molecule has 6 rings (SSSR count). The number of rotatable bonds is 9. The second-order valence-corrected chi connectivity index (χ2v) is 14.7. The molecule has 0 atom stereocenters. The predicted octanol–water partition coefficient (Wildman–Crippen LogP) is 6.23. The summed E-state index contributed by atoms with van der Waals surface area (Å²) in [6.07, 6.45) is 6.17. The number of Topliss-reactive ketones (excluding diaryl/α,β-unsaturated/α-hetero) is 2. The molecule has 0 fully saturated rings. The van der Waals surface area contributed by atoms with Gasteiger partial charge in [-0.2, -0.15) is 26.4 Å². The number of hydrogen-bond acceptors (Lipinski definition) is 7. The summed E-state index contributed by atoms with van der Waals surface area (Å²) < 4.78 is 66.9. The van der Waals surface area contributed by atoms with E-state index in [0.717, 1.165) is 11.1 Å². The zero-order valence-corrected chi connectivity index (χ0v) is 28.8. The second kappa shape index (κ2) is 13.1. The van der Waals surface area contributed by atoms with Gasteiger partial charge in [0.2, 0.25) is 0 Å². The molecule has 0 aromatic heterocycles. The average Bonchev–Trinajstić information content (AvgIpc) is 3.12. The highest BCUT2D eigenvalue weighted by molar-refractivity contribution is 7.87. The minimum atomic E-state index is -4.72. The summed E-state index contributed by atoms with van der Waals surface area (Å²) >= 11 is 0. The number of carbonyl (C=O) groups excluding carboxylic acids is 2. The lowest BCUT2D eigenvalue weighted by molar-refractivity contribution is -0.00458. The molecule has 0 amide bonds. The van der Waals surface area contributed by atoms with Crippen molar-refractivity contribution in [2.24, 2.45) is 0 Å². The molecule has 0 unspecified atom stereocenters. The zero-order valence-electron chi connectivity index (χ0n) is 27.1. The Hall–Kier alpha value is -5.88. The molecule has 0 saturated carbocycles. The van der Waals surface area contributed by atoms with Gasteiger partial charge in [0.25, 0.3) is 21.7 Å². The van der Waals surface area contributed by atoms with Crippen LogP contribution in [0.2, 0.25) is 0 Å². The number of fused-ring (bicyclic) bond motifs is 2. The van der Waals surface area contributed by atoms with E-state index >= 15 is 0 Å². The first-order valence-corrected chi connectivity index (χ1v) is 18.5. The fourth-order valence-electron chi connectivity index (χ4n) is 6.82. The normalized spacial score (nSPS) is 14.1. The molecule has 12 nitrogen and oxygen atoms in total. The summed E-state index contributed by atoms with van der Waals surface area (Å²) in [5.74, 6) is -1.35. The van der Waals surface area contributed by atoms with Crippen molar-refractivity contribution in [1.82, 2.24) is 0 Å². The molecule has 4 aromatic rings. The average molecular weight is 721 g/mol. The van der Waals surface area contributed by atoms with E-state index in [4.69, 9.17) is 9.71 Å². The Morgan fingerprint density at radius 2 is 1.27 bits per heavy atom. The summed E-state index contributed by atoms with van der Waals surface area (Å²) in [6.45, 7) is 3.97. The van der Waals surface area contributed by atoms with Crippen LogP contribution in [0.1, 0.15) is 69.7 Å². The maximum absolute atomic E-state index is 13.6. The highest BCUT2D eigenvalue weighted by Gasteiger charge is 2.37. The van der Waals surface area contributed by atoms with Gasteiger partial charge in [-0.3, -0.25) is 14.1 Å². The van der Waals surface area contributed by atoms with Gasteiger partial charge >= 0.3 is 21.5 Å². The second-order valence-electron chi connectivity index (χ2n) is 11.8. The van der Waals surface area contributed by atoms with E-state index < -0.39 is 42.1 Å². The van der Waals surface area contributed by atoms with Crippen LogP contribution in [0, 0.1) is 0 Å². The molecule has 256 valence electrons. The van der Waals surface area contributed by atoms with E-state index in [1.54, 1.807) is 24.3 Å². The number of ketones is 2. The van der Waals surface area contributed by atoms with Crippen molar-refractivity contribution in [2.45, 2.75) is 41.9 Å². The maximum atomic E-state index is 13.6. The third kappa shape index (κ3) is 5.91. The standard InChI is InChI=1S/C37H28N4O8S2/c1-3-37(4-2,22-12-14-23(15-13-22)49-51(47,48)33-11-7-9-27-25(33)16-19-30(40-38)35(27)42)29-10-6-5-8-24(29)26-18-21-32(50(44,45)46)28-17-20-31(41-39)36(43)34(26)28/h5-21H,3-4H2,1-2H3,(H,44,45,46). The molecule has 2 aliphatic rings. The lowest BCUT2D eigenvalue weighted by Crippen LogP contribution is -2.27. The van der Waals surface area contributed by atoms with Crippen LogP contribution >= 0.6 is 0 Å². The van der Waals surface area contributed by atoms with Crippen molar-refractivity contribution in [1.29, 1.82) is 0 Å². The minimum Gasteiger partial charge on any atom is -0.379 e. The van der Waals surface area contributed by atoms with Gasteiger partial charge in [0, 0.05) is 39.8 Å². The molecule has 0 heterocycles. The Kier molecular flexibility index (Phi) is 8.98. The van der Waals surface area contributed by atoms with Gasteiger partial charge in [-0.25, -0.2) is 0 Å². The van der Waals surface area contributed by atoms with Crippen molar-refractivity contribution >= 4 is 55.4 Å². The topological polar surface area (TPSA) is 205 Å². The number of allylic oxidation sites excluding steroid dienone is 2. The summed E-state index contributed by atoms with van der Waals surface area (Å²) in [5.41, 5.74) is 19.9. The Bertz CT molecular complexity index is 2560. The highest BCUT2D eigenvalue weighted by atomic mass is 32.2. The van der Waals surface area contributed by atoms with Gasteiger partial charge in [-0.05, 0) is 71.5 Å². The van der Waals surface area contributed by atoms with Gasteiger partial charge in [0.05, 0.1) is 0 Å². The van der Waals surface area contributed by atoms with E-state index in [0.29, 0.717) is 24.0 Å². The predicted molar refractivity (Wildman–Crippen MR) is 188 cm³/mol. The lowest BCUT2D eigenvalue weighted by Gasteiger charge is -2.35. The maximum Gasteiger partial charge on any atom is 0.362 e. The molecule has 1 N–H and O–H groups in total. The fourth-order valence-corrected chi connectivity index (χ4v) is 8.66. The quantitative estimate of drug-likeness (QED) is 0.0905. The summed E-state index contributed by atoms with van der Waals surface area (Å²) in [7, 11) is -9.14. The third-order valence-electron chi connectivity index (χ3n) is 9.34. The van der Waals surface area contributed by atoms with Crippen LogP contribution in [0.3, 0.4) is 0 Å². The first kappa shape index (κ1) is 35.0. The van der Waals surface area contributed by atoms with E-state index in [2.05, 4.69) is 9.58 Å². The van der Waals surface area contributed by atoms with Gasteiger partial charge < -0.3 is 15.2 Å². The molecular formula is C37H28N4O8S2. The van der Waals surface area contributed by atoms with E-state index in [-0.39, 0.29) is 44.3 Å². The molecule has 51 heavy (non-hydrogen) atoms. The monoisotopic (exact) mass is 720 g/mol. The number of carbonyl (C=O) groups is 2. The van der Waals surface area contributed by atoms with E-state index in [1.165, 1.54) is 66.8 Å². The van der Waals surface area contributed by atoms with Gasteiger partial charge in [-0.15, -0.1) is 0 Å². The molecule has 14 heteroatoms. The summed E-state index contributed by atoms with van der Waals surface area (Å²) in [6, 6.07) is 20.6. The van der Waals surface area contributed by atoms with Crippen LogP contribution in [-0.4, -0.2) is 54.0 Å². The van der Waals surface area contributed by atoms with Crippen LogP contribution < -0.4 is 4.18 Å². The fraction of sp³-hybridized carbons (Fsp3) is 0.135. The van der Waals surface area contributed by atoms with Crippen LogP contribution in [0.4, 0.5) is 0 Å². The number of nitrogens with zero attached hydrogens (tertiary/aromatic N) is 4. The van der Waals surface area contributed by atoms with Gasteiger partial charge in [0.15, 0.2) is 0 Å². The van der Waals surface area contributed by atoms with Crippen LogP contribution in [0.25, 0.3) is 34.3 Å². The molecule has 2 aliphatic carbocycles. The molecule has 4 aromatic carbocycles. The van der Waals surface area contributed by atoms with Crippen LogP contribution in [0.15, 0.2) is 101 Å². The minimum absolute atomic E-state index is 0.0116. The Balaban J connectivity index is 1.43. The molecule has 0 spiro atoms. The number of benzene rings is 4. The number of hydrogen-bond donors (Lipinski definition) is 1. The molecule has 0 radical (unpaired) electrons. The van der Waals surface area contributed by atoms with Crippen molar-refractivity contribution in [3.63, 3.8) is 0 Å². The Labute approximate surface area is 293 Å². The Morgan fingerprint density at radius 3 is 1.90 bits per heavy atom. The lowest BCUT2D eigenvalue weighted by atomic mass is 9.68. The van der Waals surface area contributed by atoms with Crippen LogP contribution in [-0.2, 0) is 25.7 Å². The van der Waals surface area contributed by atoms with E-state index in [1.807, 2.05) is 26.0 Å². The van der Waals surface area contributed by atoms with E-state index in [9.17, 15) is 36.5 Å².